The van der Waals surface area contributed by atoms with Crippen LogP contribution in [0, 0.1) is 0 Å². The number of ether oxygens (including phenoxy) is 2. The van der Waals surface area contributed by atoms with E-state index in [2.05, 4.69) is 52.2 Å². The maximum atomic E-state index is 13.0. The number of hydrogen-bond donors (Lipinski definition) is 0. The van der Waals surface area contributed by atoms with Crippen LogP contribution in [0.1, 0.15) is 214 Å². The van der Waals surface area contributed by atoms with Gasteiger partial charge in [-0.05, 0) is 76.3 Å². The highest BCUT2D eigenvalue weighted by Crippen LogP contribution is 2.23. The van der Waals surface area contributed by atoms with Crippen molar-refractivity contribution in [1.29, 1.82) is 0 Å². The molecule has 1 unspecified atom stereocenters. The number of nitrogens with zero attached hydrogens (tertiary/aromatic N) is 2. The Bertz CT molecular complexity index is 1160. The van der Waals surface area contributed by atoms with Crippen molar-refractivity contribution in [3.8, 4) is 0 Å². The van der Waals surface area contributed by atoms with Gasteiger partial charge in [-0.3, -0.25) is 14.5 Å². The van der Waals surface area contributed by atoms with Crippen LogP contribution in [0.5, 0.6) is 0 Å². The monoisotopic (exact) mass is 794 g/mol. The second kappa shape index (κ2) is 34.6. The van der Waals surface area contributed by atoms with Crippen molar-refractivity contribution in [2.45, 2.75) is 200 Å². The van der Waals surface area contributed by atoms with Gasteiger partial charge in [0.25, 0.3) is 11.8 Å². The van der Waals surface area contributed by atoms with Crippen molar-refractivity contribution in [3.05, 3.63) is 59.7 Å². The number of carbonyl (C=O) groups excluding carboxylic acids is 2. The fourth-order valence-electron chi connectivity index (χ4n) is 7.87. The number of unbranched alkanes of at least 4 members (excludes halogenated alkanes) is 24. The molecule has 6 heteroatoms. The molecule has 2 amide bonds. The molecule has 0 N–H and O–H groups in total. The first-order valence-electron chi connectivity index (χ1n) is 24.2. The summed E-state index contributed by atoms with van der Waals surface area (Å²) in [5.74, 6) is -0.357. The third-order valence-corrected chi connectivity index (χ3v) is 11.6. The molecule has 0 aliphatic carbocycles. The number of likely N-dealkylation sites (N-methyl/N-ethyl adjacent to an activating group) is 1. The standard InChI is InChI=1S/C51H89N2O4/c1-5-7-9-11-13-15-17-19-21-23-25-27-29-31-33-37-43-56-46-47(45-53(3,4)42-41-52-50(54)48-39-35-36-40-49(48)51(52)55)57-44-38-34-32-30-28-26-24-22-20-18-16-14-12-10-8-6-2/h19-22,35-36,39-40,47H,5-18,23-34,37-38,41-46H2,1-4H3/q+1/b21-19+,22-20+. The first-order chi connectivity index (χ1) is 27.9. The number of hydrogen-bond acceptors (Lipinski definition) is 4. The first kappa shape index (κ1) is 50.9. The molecular weight excluding hydrogens is 705 g/mol. The Morgan fingerprint density at radius 1 is 0.544 bits per heavy atom. The number of amides is 2. The summed E-state index contributed by atoms with van der Waals surface area (Å²) in [5.41, 5.74) is 1.04. The summed E-state index contributed by atoms with van der Waals surface area (Å²) in [6.45, 7) is 8.53. The quantitative estimate of drug-likeness (QED) is 0.0287. The van der Waals surface area contributed by atoms with Gasteiger partial charge >= 0.3 is 0 Å². The molecule has 0 spiro atoms. The van der Waals surface area contributed by atoms with E-state index in [9.17, 15) is 9.59 Å². The Labute approximate surface area is 352 Å². The van der Waals surface area contributed by atoms with Gasteiger partial charge in [-0.25, -0.2) is 0 Å². The molecular formula is C51H89N2O4+. The molecule has 1 aliphatic heterocycles. The zero-order valence-electron chi connectivity index (χ0n) is 37.8. The average Bonchev–Trinajstić information content (AvgIpc) is 3.45. The lowest BCUT2D eigenvalue weighted by Crippen LogP contribution is -2.51. The molecule has 0 aromatic heterocycles. The Morgan fingerprint density at radius 3 is 1.37 bits per heavy atom. The molecule has 1 aromatic carbocycles. The van der Waals surface area contributed by atoms with Crippen LogP contribution in [-0.4, -0.2) is 80.9 Å². The molecule has 0 bridgehead atoms. The summed E-state index contributed by atoms with van der Waals surface area (Å²) < 4.78 is 13.4. The van der Waals surface area contributed by atoms with Crippen molar-refractivity contribution in [2.75, 3.05) is 53.6 Å². The van der Waals surface area contributed by atoms with Crippen LogP contribution in [0.15, 0.2) is 48.6 Å². The Balaban J connectivity index is 1.62. The average molecular weight is 794 g/mol. The molecule has 0 saturated heterocycles. The van der Waals surface area contributed by atoms with Crippen LogP contribution in [0.3, 0.4) is 0 Å². The van der Waals surface area contributed by atoms with Crippen LogP contribution in [0.4, 0.5) is 0 Å². The van der Waals surface area contributed by atoms with Gasteiger partial charge in [0.15, 0.2) is 0 Å². The molecule has 1 atom stereocenters. The van der Waals surface area contributed by atoms with Crippen molar-refractivity contribution >= 4 is 11.8 Å². The Hall–Kier alpha value is -2.28. The van der Waals surface area contributed by atoms with Gasteiger partial charge in [-0.2, -0.15) is 0 Å². The molecule has 0 saturated carbocycles. The minimum Gasteiger partial charge on any atom is -0.379 e. The van der Waals surface area contributed by atoms with E-state index in [4.69, 9.17) is 9.47 Å². The van der Waals surface area contributed by atoms with E-state index in [1.165, 1.54) is 172 Å². The maximum absolute atomic E-state index is 13.0. The highest BCUT2D eigenvalue weighted by molar-refractivity contribution is 6.21. The molecule has 1 aromatic rings. The van der Waals surface area contributed by atoms with Crippen molar-refractivity contribution in [1.82, 2.24) is 4.90 Å². The van der Waals surface area contributed by atoms with E-state index in [-0.39, 0.29) is 17.9 Å². The molecule has 2 rings (SSSR count). The lowest BCUT2D eigenvalue weighted by atomic mass is 10.1. The summed E-state index contributed by atoms with van der Waals surface area (Å²) in [5, 5.41) is 0. The second-order valence-corrected chi connectivity index (χ2v) is 17.6. The molecule has 57 heavy (non-hydrogen) atoms. The number of imide groups is 1. The third kappa shape index (κ3) is 25.7. The van der Waals surface area contributed by atoms with Crippen LogP contribution >= 0.6 is 0 Å². The Morgan fingerprint density at radius 2 is 0.930 bits per heavy atom. The smallest absolute Gasteiger partial charge is 0.261 e. The molecule has 1 heterocycles. The van der Waals surface area contributed by atoms with Crippen LogP contribution < -0.4 is 0 Å². The summed E-state index contributed by atoms with van der Waals surface area (Å²) in [6, 6.07) is 7.15. The first-order valence-corrected chi connectivity index (χ1v) is 24.2. The minimum atomic E-state index is -0.178. The third-order valence-electron chi connectivity index (χ3n) is 11.6. The fourth-order valence-corrected chi connectivity index (χ4v) is 7.87. The highest BCUT2D eigenvalue weighted by Gasteiger charge is 2.36. The van der Waals surface area contributed by atoms with Crippen LogP contribution in [-0.2, 0) is 9.47 Å². The van der Waals surface area contributed by atoms with Crippen molar-refractivity contribution in [2.24, 2.45) is 0 Å². The number of quaternary nitrogens is 1. The normalized spacial score (nSPS) is 13.9. The van der Waals surface area contributed by atoms with Gasteiger partial charge in [0.1, 0.15) is 12.6 Å². The number of fused-ring (bicyclic) bond motifs is 1. The molecule has 1 aliphatic rings. The number of benzene rings is 1. The molecule has 0 fully saturated rings. The van der Waals surface area contributed by atoms with E-state index in [0.717, 1.165) is 32.6 Å². The number of carbonyl (C=O) groups is 2. The molecule has 6 nitrogen and oxygen atoms in total. The Kier molecular flexibility index (Phi) is 30.8. The minimum absolute atomic E-state index is 0.0144. The van der Waals surface area contributed by atoms with Crippen molar-refractivity contribution in [3.63, 3.8) is 0 Å². The van der Waals surface area contributed by atoms with Gasteiger partial charge < -0.3 is 14.0 Å². The van der Waals surface area contributed by atoms with Gasteiger partial charge in [0, 0.05) is 13.2 Å². The summed E-state index contributed by atoms with van der Waals surface area (Å²) >= 11 is 0. The van der Waals surface area contributed by atoms with E-state index in [0.29, 0.717) is 35.3 Å². The zero-order chi connectivity index (χ0) is 41.1. The van der Waals surface area contributed by atoms with E-state index in [1.807, 2.05) is 12.1 Å². The molecule has 326 valence electrons. The zero-order valence-corrected chi connectivity index (χ0v) is 37.8. The largest absolute Gasteiger partial charge is 0.379 e. The van der Waals surface area contributed by atoms with E-state index in [1.54, 1.807) is 12.1 Å². The predicted octanol–water partition coefficient (Wildman–Crippen LogP) is 13.8. The van der Waals surface area contributed by atoms with Gasteiger partial charge in [-0.1, -0.05) is 166 Å². The van der Waals surface area contributed by atoms with E-state index < -0.39 is 0 Å². The second-order valence-electron chi connectivity index (χ2n) is 17.6. The van der Waals surface area contributed by atoms with Gasteiger partial charge in [0.2, 0.25) is 0 Å². The van der Waals surface area contributed by atoms with Crippen LogP contribution in [0.2, 0.25) is 0 Å². The summed E-state index contributed by atoms with van der Waals surface area (Å²) in [4.78, 5) is 27.4. The maximum Gasteiger partial charge on any atom is 0.261 e. The molecule has 0 radical (unpaired) electrons. The highest BCUT2D eigenvalue weighted by atomic mass is 16.5. The van der Waals surface area contributed by atoms with E-state index >= 15 is 0 Å². The predicted molar refractivity (Wildman–Crippen MR) is 243 cm³/mol. The van der Waals surface area contributed by atoms with Gasteiger partial charge in [0.05, 0.1) is 44.9 Å². The van der Waals surface area contributed by atoms with Crippen molar-refractivity contribution < 1.29 is 23.5 Å². The lowest BCUT2D eigenvalue weighted by Gasteiger charge is -2.34. The number of rotatable bonds is 40. The van der Waals surface area contributed by atoms with Crippen LogP contribution in [0.25, 0.3) is 0 Å². The summed E-state index contributed by atoms with van der Waals surface area (Å²) in [6.07, 6.45) is 46.1. The topological polar surface area (TPSA) is 55.8 Å². The van der Waals surface area contributed by atoms with Gasteiger partial charge in [-0.15, -0.1) is 0 Å². The summed E-state index contributed by atoms with van der Waals surface area (Å²) in [7, 11) is 4.34. The SMILES string of the molecule is CCCCCCCC/C=C/CCCCCCCCOCC(C[N+](C)(C)CCN1C(=O)c2ccccc2C1=O)OCCCCCCCC/C=C/CCCCCCCC. The fraction of sp³-hybridized carbons (Fsp3) is 0.765. The lowest BCUT2D eigenvalue weighted by molar-refractivity contribution is -0.892. The number of allylic oxidation sites excluding steroid dienone is 4.